The van der Waals surface area contributed by atoms with Crippen molar-refractivity contribution in [1.29, 1.82) is 0 Å². The lowest BCUT2D eigenvalue weighted by atomic mass is 10.3. The lowest BCUT2D eigenvalue weighted by Gasteiger charge is -2.12. The van der Waals surface area contributed by atoms with E-state index in [-0.39, 0.29) is 24.9 Å². The summed E-state index contributed by atoms with van der Waals surface area (Å²) in [5, 5.41) is 19.8. The number of amides is 1. The number of carboxylic acids is 1. The van der Waals surface area contributed by atoms with Crippen LogP contribution in [0, 0.1) is 6.92 Å². The summed E-state index contributed by atoms with van der Waals surface area (Å²) in [6.07, 6.45) is 1.38. The number of hydrogen-bond acceptors (Lipinski definition) is 4. The Morgan fingerprint density at radius 1 is 1.41 bits per heavy atom. The molecule has 0 saturated carbocycles. The monoisotopic (exact) mass is 305 g/mol. The van der Waals surface area contributed by atoms with Gasteiger partial charge in [0, 0.05) is 18.3 Å². The van der Waals surface area contributed by atoms with Crippen LogP contribution < -0.4 is 5.32 Å². The molecule has 8 nitrogen and oxygen atoms in total. The highest BCUT2D eigenvalue weighted by Crippen LogP contribution is 2.17. The number of aryl methyl sites for hydroxylation is 2. The van der Waals surface area contributed by atoms with Gasteiger partial charge >= 0.3 is 5.97 Å². The van der Waals surface area contributed by atoms with Crippen molar-refractivity contribution >= 4 is 17.7 Å². The first-order valence-corrected chi connectivity index (χ1v) is 6.99. The molecule has 118 valence electrons. The second kappa shape index (κ2) is 6.42. The first-order chi connectivity index (χ1) is 10.4. The van der Waals surface area contributed by atoms with E-state index >= 15 is 0 Å². The molecule has 2 aromatic heterocycles. The van der Waals surface area contributed by atoms with E-state index in [4.69, 9.17) is 5.11 Å². The summed E-state index contributed by atoms with van der Waals surface area (Å²) in [6.45, 7) is 5.94. The minimum atomic E-state index is -0.935. The molecule has 1 amide bonds. The molecule has 22 heavy (non-hydrogen) atoms. The molecule has 0 aliphatic rings. The average Bonchev–Trinajstić information content (AvgIpc) is 3.02. The van der Waals surface area contributed by atoms with E-state index < -0.39 is 5.97 Å². The minimum absolute atomic E-state index is 0.0923. The SMILES string of the molecule is Cc1cc(NC(=O)c2ccnn2CCC(=O)O)n(C(C)C)n1. The summed E-state index contributed by atoms with van der Waals surface area (Å²) in [5.41, 5.74) is 1.12. The normalized spacial score (nSPS) is 10.9. The minimum Gasteiger partial charge on any atom is -0.481 e. The Morgan fingerprint density at radius 2 is 2.14 bits per heavy atom. The Hall–Kier alpha value is -2.64. The number of anilines is 1. The Kier molecular flexibility index (Phi) is 4.59. The maximum Gasteiger partial charge on any atom is 0.305 e. The van der Waals surface area contributed by atoms with Crippen molar-refractivity contribution in [2.45, 2.75) is 39.8 Å². The molecule has 0 radical (unpaired) electrons. The van der Waals surface area contributed by atoms with Crippen molar-refractivity contribution < 1.29 is 14.7 Å². The number of carboxylic acid groups (broad SMARTS) is 1. The number of nitrogens with zero attached hydrogens (tertiary/aromatic N) is 4. The van der Waals surface area contributed by atoms with Gasteiger partial charge in [-0.2, -0.15) is 10.2 Å². The Labute approximate surface area is 127 Å². The molecule has 0 aliphatic heterocycles. The van der Waals surface area contributed by atoms with E-state index in [0.717, 1.165) is 5.69 Å². The van der Waals surface area contributed by atoms with Gasteiger partial charge in [0.25, 0.3) is 5.91 Å². The molecule has 2 rings (SSSR count). The zero-order valence-electron chi connectivity index (χ0n) is 12.8. The molecular formula is C14H19N5O3. The highest BCUT2D eigenvalue weighted by Gasteiger charge is 2.16. The summed E-state index contributed by atoms with van der Waals surface area (Å²) in [4.78, 5) is 23.0. The van der Waals surface area contributed by atoms with Crippen LogP contribution in [0.1, 0.15) is 42.5 Å². The number of nitrogens with one attached hydrogen (secondary N) is 1. The van der Waals surface area contributed by atoms with Gasteiger partial charge in [0.05, 0.1) is 18.7 Å². The number of rotatable bonds is 6. The fourth-order valence-electron chi connectivity index (χ4n) is 2.09. The van der Waals surface area contributed by atoms with Crippen molar-refractivity contribution in [2.24, 2.45) is 0 Å². The maximum atomic E-state index is 12.4. The third kappa shape index (κ3) is 3.51. The highest BCUT2D eigenvalue weighted by molar-refractivity contribution is 6.02. The summed E-state index contributed by atoms with van der Waals surface area (Å²) in [5.74, 6) is -0.677. The van der Waals surface area contributed by atoms with Crippen molar-refractivity contribution in [2.75, 3.05) is 5.32 Å². The second-order valence-corrected chi connectivity index (χ2v) is 5.25. The van der Waals surface area contributed by atoms with E-state index in [1.807, 2.05) is 20.8 Å². The zero-order valence-corrected chi connectivity index (χ0v) is 12.8. The lowest BCUT2D eigenvalue weighted by molar-refractivity contribution is -0.137. The predicted octanol–water partition coefficient (Wildman–Crippen LogP) is 1.70. The van der Waals surface area contributed by atoms with Gasteiger partial charge in [-0.1, -0.05) is 0 Å². The summed E-state index contributed by atoms with van der Waals surface area (Å²) < 4.78 is 3.11. The van der Waals surface area contributed by atoms with Crippen LogP contribution in [0.5, 0.6) is 0 Å². The van der Waals surface area contributed by atoms with Crippen LogP contribution in [-0.4, -0.2) is 36.5 Å². The van der Waals surface area contributed by atoms with Crippen LogP contribution in [0.2, 0.25) is 0 Å². The third-order valence-corrected chi connectivity index (χ3v) is 3.08. The fourth-order valence-corrected chi connectivity index (χ4v) is 2.09. The van der Waals surface area contributed by atoms with Crippen LogP contribution in [0.25, 0.3) is 0 Å². The number of hydrogen-bond donors (Lipinski definition) is 2. The molecule has 0 unspecified atom stereocenters. The molecule has 2 aromatic rings. The number of carbonyl (C=O) groups is 2. The first-order valence-electron chi connectivity index (χ1n) is 6.99. The van der Waals surface area contributed by atoms with Crippen molar-refractivity contribution in [3.05, 3.63) is 29.7 Å². The van der Waals surface area contributed by atoms with Crippen LogP contribution >= 0.6 is 0 Å². The molecule has 8 heteroatoms. The number of carbonyl (C=O) groups excluding carboxylic acids is 1. The summed E-state index contributed by atoms with van der Waals surface area (Å²) >= 11 is 0. The molecule has 0 spiro atoms. The molecule has 0 saturated heterocycles. The van der Waals surface area contributed by atoms with E-state index in [9.17, 15) is 9.59 Å². The maximum absolute atomic E-state index is 12.4. The molecule has 0 fully saturated rings. The van der Waals surface area contributed by atoms with Crippen LogP contribution in [0.15, 0.2) is 18.3 Å². The number of aliphatic carboxylic acids is 1. The van der Waals surface area contributed by atoms with Gasteiger partial charge in [-0.15, -0.1) is 0 Å². The van der Waals surface area contributed by atoms with E-state index in [1.165, 1.54) is 10.9 Å². The van der Waals surface area contributed by atoms with E-state index in [1.54, 1.807) is 16.8 Å². The van der Waals surface area contributed by atoms with Gasteiger partial charge in [0.15, 0.2) is 0 Å². The fraction of sp³-hybridized carbons (Fsp3) is 0.429. The Balaban J connectivity index is 2.16. The molecule has 0 aromatic carbocycles. The van der Waals surface area contributed by atoms with Gasteiger partial charge in [0.2, 0.25) is 0 Å². The van der Waals surface area contributed by atoms with Crippen molar-refractivity contribution in [3.63, 3.8) is 0 Å². The molecule has 0 atom stereocenters. The lowest BCUT2D eigenvalue weighted by Crippen LogP contribution is -2.21. The summed E-state index contributed by atoms with van der Waals surface area (Å²) in [6, 6.07) is 3.46. The first kappa shape index (κ1) is 15.7. The van der Waals surface area contributed by atoms with Gasteiger partial charge in [-0.3, -0.25) is 14.3 Å². The van der Waals surface area contributed by atoms with Gasteiger partial charge in [0.1, 0.15) is 11.5 Å². The van der Waals surface area contributed by atoms with Gasteiger partial charge in [-0.05, 0) is 26.8 Å². The smallest absolute Gasteiger partial charge is 0.305 e. The van der Waals surface area contributed by atoms with Crippen LogP contribution in [0.4, 0.5) is 5.82 Å². The van der Waals surface area contributed by atoms with Gasteiger partial charge < -0.3 is 10.4 Å². The predicted molar refractivity (Wildman–Crippen MR) is 79.8 cm³/mol. The van der Waals surface area contributed by atoms with Gasteiger partial charge in [-0.25, -0.2) is 4.68 Å². The average molecular weight is 305 g/mol. The molecule has 2 heterocycles. The second-order valence-electron chi connectivity index (χ2n) is 5.25. The topological polar surface area (TPSA) is 102 Å². The van der Waals surface area contributed by atoms with Crippen LogP contribution in [-0.2, 0) is 11.3 Å². The quantitative estimate of drug-likeness (QED) is 0.845. The summed E-state index contributed by atoms with van der Waals surface area (Å²) in [7, 11) is 0. The Morgan fingerprint density at radius 3 is 2.77 bits per heavy atom. The van der Waals surface area contributed by atoms with E-state index in [0.29, 0.717) is 11.5 Å². The van der Waals surface area contributed by atoms with E-state index in [2.05, 4.69) is 15.5 Å². The van der Waals surface area contributed by atoms with Crippen molar-refractivity contribution in [3.8, 4) is 0 Å². The van der Waals surface area contributed by atoms with Crippen LogP contribution in [0.3, 0.4) is 0 Å². The molecular weight excluding hydrogens is 286 g/mol. The third-order valence-electron chi connectivity index (χ3n) is 3.08. The zero-order chi connectivity index (χ0) is 16.3. The largest absolute Gasteiger partial charge is 0.481 e. The molecule has 0 bridgehead atoms. The number of aromatic nitrogens is 4. The highest BCUT2D eigenvalue weighted by atomic mass is 16.4. The Bertz CT molecular complexity index is 686. The molecule has 0 aliphatic carbocycles. The standard InChI is InChI=1S/C14H19N5O3/c1-9(2)19-12(8-10(3)17-19)16-14(22)11-4-6-15-18(11)7-5-13(20)21/h4,6,8-9H,5,7H2,1-3H3,(H,16,22)(H,20,21). The van der Waals surface area contributed by atoms with Crippen molar-refractivity contribution in [1.82, 2.24) is 19.6 Å². The molecule has 2 N–H and O–H groups in total.